The molecule has 1 fully saturated rings. The highest BCUT2D eigenvalue weighted by molar-refractivity contribution is 5.77. The van der Waals surface area contributed by atoms with Gasteiger partial charge in [0.2, 0.25) is 5.91 Å². The molecule has 3 heteroatoms. The number of carbonyl (C=O) groups excluding carboxylic acids is 1. The smallest absolute Gasteiger partial charge is 0.222 e. The van der Waals surface area contributed by atoms with E-state index in [2.05, 4.69) is 5.32 Å². The van der Waals surface area contributed by atoms with Crippen LogP contribution < -0.4 is 5.32 Å². The van der Waals surface area contributed by atoms with Gasteiger partial charge in [0.05, 0.1) is 6.54 Å². The van der Waals surface area contributed by atoms with Crippen LogP contribution in [0.2, 0.25) is 0 Å². The molecule has 1 aliphatic carbocycles. The molecule has 0 saturated heterocycles. The van der Waals surface area contributed by atoms with Crippen LogP contribution in [-0.2, 0) is 4.79 Å². The summed E-state index contributed by atoms with van der Waals surface area (Å²) in [7, 11) is 0. The van der Waals surface area contributed by atoms with Crippen LogP contribution in [0, 0.1) is 5.92 Å². The van der Waals surface area contributed by atoms with E-state index in [0.717, 1.165) is 6.42 Å². The second-order valence-corrected chi connectivity index (χ2v) is 3.88. The SMILES string of the molecule is CC(C)C(=O)NCC1(F)CCC1. The number of halogens is 1. The van der Waals surface area contributed by atoms with Gasteiger partial charge >= 0.3 is 0 Å². The molecule has 1 amide bonds. The second kappa shape index (κ2) is 3.42. The minimum absolute atomic E-state index is 0.0475. The predicted molar refractivity (Wildman–Crippen MR) is 45.5 cm³/mol. The molecule has 2 nitrogen and oxygen atoms in total. The summed E-state index contributed by atoms with van der Waals surface area (Å²) in [6, 6.07) is 0. The van der Waals surface area contributed by atoms with Crippen molar-refractivity contribution < 1.29 is 9.18 Å². The van der Waals surface area contributed by atoms with Crippen LogP contribution in [0.5, 0.6) is 0 Å². The third-order valence-corrected chi connectivity index (χ3v) is 2.35. The molecule has 12 heavy (non-hydrogen) atoms. The van der Waals surface area contributed by atoms with Crippen LogP contribution in [-0.4, -0.2) is 18.1 Å². The molecule has 0 atom stereocenters. The molecule has 0 spiro atoms. The highest BCUT2D eigenvalue weighted by Crippen LogP contribution is 2.34. The average molecular weight is 173 g/mol. The van der Waals surface area contributed by atoms with Crippen LogP contribution in [0.3, 0.4) is 0 Å². The Morgan fingerprint density at radius 1 is 1.58 bits per heavy atom. The number of carbonyl (C=O) groups is 1. The molecule has 0 heterocycles. The Morgan fingerprint density at radius 2 is 2.17 bits per heavy atom. The van der Waals surface area contributed by atoms with Crippen LogP contribution in [0.4, 0.5) is 4.39 Å². The normalized spacial score (nSPS) is 20.3. The lowest BCUT2D eigenvalue weighted by Gasteiger charge is -2.33. The zero-order valence-corrected chi connectivity index (χ0v) is 7.69. The van der Waals surface area contributed by atoms with E-state index in [4.69, 9.17) is 0 Å². The van der Waals surface area contributed by atoms with Gasteiger partial charge in [-0.25, -0.2) is 4.39 Å². The van der Waals surface area contributed by atoms with Crippen LogP contribution in [0.1, 0.15) is 33.1 Å². The van der Waals surface area contributed by atoms with Gasteiger partial charge in [-0.1, -0.05) is 13.8 Å². The third kappa shape index (κ3) is 2.19. The van der Waals surface area contributed by atoms with Crippen LogP contribution in [0.25, 0.3) is 0 Å². The van der Waals surface area contributed by atoms with Crippen molar-refractivity contribution in [1.82, 2.24) is 5.32 Å². The monoisotopic (exact) mass is 173 g/mol. The van der Waals surface area contributed by atoms with E-state index in [-0.39, 0.29) is 18.4 Å². The van der Waals surface area contributed by atoms with Gasteiger partial charge in [0.15, 0.2) is 0 Å². The van der Waals surface area contributed by atoms with E-state index >= 15 is 0 Å². The molecule has 1 N–H and O–H groups in total. The summed E-state index contributed by atoms with van der Waals surface area (Å²) in [5.74, 6) is -0.104. The molecule has 0 unspecified atom stereocenters. The molecule has 1 saturated carbocycles. The van der Waals surface area contributed by atoms with Gasteiger partial charge in [-0.05, 0) is 19.3 Å². The van der Waals surface area contributed by atoms with Crippen molar-refractivity contribution in [2.24, 2.45) is 5.92 Å². The molecule has 1 rings (SSSR count). The van der Waals surface area contributed by atoms with Crippen LogP contribution in [0.15, 0.2) is 0 Å². The summed E-state index contributed by atoms with van der Waals surface area (Å²) in [6.45, 7) is 3.81. The number of hydrogen-bond donors (Lipinski definition) is 1. The average Bonchev–Trinajstić information content (AvgIpc) is 1.96. The van der Waals surface area contributed by atoms with E-state index in [0.29, 0.717) is 12.8 Å². The van der Waals surface area contributed by atoms with E-state index in [1.54, 1.807) is 13.8 Å². The summed E-state index contributed by atoms with van der Waals surface area (Å²) in [5.41, 5.74) is -1.09. The maximum atomic E-state index is 13.3. The fraction of sp³-hybridized carbons (Fsp3) is 0.889. The molecule has 0 aromatic rings. The molecule has 0 aliphatic heterocycles. The maximum Gasteiger partial charge on any atom is 0.222 e. The van der Waals surface area contributed by atoms with Crippen molar-refractivity contribution in [2.45, 2.75) is 38.8 Å². The Bertz CT molecular complexity index is 175. The van der Waals surface area contributed by atoms with E-state index < -0.39 is 5.67 Å². The topological polar surface area (TPSA) is 29.1 Å². The molecule has 0 aromatic heterocycles. The first-order chi connectivity index (χ1) is 5.53. The lowest BCUT2D eigenvalue weighted by Crippen LogP contribution is -2.45. The minimum Gasteiger partial charge on any atom is -0.353 e. The van der Waals surface area contributed by atoms with Gasteiger partial charge in [-0.3, -0.25) is 4.79 Å². The van der Waals surface area contributed by atoms with Crippen molar-refractivity contribution in [1.29, 1.82) is 0 Å². The summed E-state index contributed by atoms with van der Waals surface area (Å²) < 4.78 is 13.3. The van der Waals surface area contributed by atoms with Crippen molar-refractivity contribution >= 4 is 5.91 Å². The maximum absolute atomic E-state index is 13.3. The highest BCUT2D eigenvalue weighted by atomic mass is 19.1. The van der Waals surface area contributed by atoms with Crippen molar-refractivity contribution in [3.8, 4) is 0 Å². The Hall–Kier alpha value is -0.600. The summed E-state index contributed by atoms with van der Waals surface area (Å²) in [4.78, 5) is 11.1. The van der Waals surface area contributed by atoms with E-state index in [1.807, 2.05) is 0 Å². The van der Waals surface area contributed by atoms with Gasteiger partial charge < -0.3 is 5.32 Å². The van der Waals surface area contributed by atoms with Crippen molar-refractivity contribution in [3.05, 3.63) is 0 Å². The molecule has 70 valence electrons. The highest BCUT2D eigenvalue weighted by Gasteiger charge is 2.37. The van der Waals surface area contributed by atoms with Gasteiger partial charge in [0.1, 0.15) is 5.67 Å². The first-order valence-corrected chi connectivity index (χ1v) is 4.50. The Kier molecular flexibility index (Phi) is 2.70. The molecule has 0 bridgehead atoms. The van der Waals surface area contributed by atoms with E-state index in [1.165, 1.54) is 0 Å². The van der Waals surface area contributed by atoms with Crippen molar-refractivity contribution in [2.75, 3.05) is 6.54 Å². The lowest BCUT2D eigenvalue weighted by molar-refractivity contribution is -0.125. The zero-order valence-electron chi connectivity index (χ0n) is 7.69. The lowest BCUT2D eigenvalue weighted by atomic mass is 9.82. The predicted octanol–water partition coefficient (Wildman–Crippen LogP) is 1.65. The zero-order chi connectivity index (χ0) is 9.19. The standard InChI is InChI=1S/C9H16FNO/c1-7(2)8(12)11-6-9(10)4-3-5-9/h7H,3-6H2,1-2H3,(H,11,12). The molecule has 1 aliphatic rings. The van der Waals surface area contributed by atoms with Gasteiger partial charge in [-0.2, -0.15) is 0 Å². The first-order valence-electron chi connectivity index (χ1n) is 4.50. The number of amides is 1. The first kappa shape index (κ1) is 9.49. The summed E-state index contributed by atoms with van der Waals surface area (Å²) >= 11 is 0. The largest absolute Gasteiger partial charge is 0.353 e. The number of nitrogens with one attached hydrogen (secondary N) is 1. The molecular formula is C9H16FNO. The van der Waals surface area contributed by atoms with Gasteiger partial charge in [0.25, 0.3) is 0 Å². The minimum atomic E-state index is -1.09. The van der Waals surface area contributed by atoms with Gasteiger partial charge in [-0.15, -0.1) is 0 Å². The Balaban J connectivity index is 2.21. The third-order valence-electron chi connectivity index (χ3n) is 2.35. The Labute approximate surface area is 72.5 Å². The molecule has 0 aromatic carbocycles. The quantitative estimate of drug-likeness (QED) is 0.690. The summed E-state index contributed by atoms with van der Waals surface area (Å²) in [6.07, 6.45) is 2.16. The van der Waals surface area contributed by atoms with Gasteiger partial charge in [0, 0.05) is 5.92 Å². The fourth-order valence-corrected chi connectivity index (χ4v) is 1.19. The number of hydrogen-bond acceptors (Lipinski definition) is 1. The summed E-state index contributed by atoms with van der Waals surface area (Å²) in [5, 5.41) is 2.61. The number of alkyl halides is 1. The van der Waals surface area contributed by atoms with Crippen LogP contribution >= 0.6 is 0 Å². The molecule has 0 radical (unpaired) electrons. The fourth-order valence-electron chi connectivity index (χ4n) is 1.19. The van der Waals surface area contributed by atoms with E-state index in [9.17, 15) is 9.18 Å². The molecular weight excluding hydrogens is 157 g/mol. The van der Waals surface area contributed by atoms with Crippen molar-refractivity contribution in [3.63, 3.8) is 0 Å². The Morgan fingerprint density at radius 3 is 2.50 bits per heavy atom. The number of rotatable bonds is 3. The second-order valence-electron chi connectivity index (χ2n) is 3.88.